The highest BCUT2D eigenvalue weighted by molar-refractivity contribution is 5.36. The molecular weight excluding hydrogens is 252 g/mol. The number of rotatable bonds is 4. The standard InChI is InChI=1S/C16H26N2O2/c1-12(17)15(13-7-5-6-8-14(13)19-4)18-9-10-20-16(2,3)11-18/h5-8,12,15H,9-11,17H2,1-4H3. The molecule has 0 aromatic heterocycles. The average molecular weight is 278 g/mol. The van der Waals surface area contributed by atoms with E-state index in [9.17, 15) is 0 Å². The molecule has 1 fully saturated rings. The second kappa shape index (κ2) is 6.12. The Balaban J connectivity index is 2.31. The van der Waals surface area contributed by atoms with E-state index in [1.165, 1.54) is 0 Å². The van der Waals surface area contributed by atoms with Crippen molar-refractivity contribution in [3.05, 3.63) is 29.8 Å². The van der Waals surface area contributed by atoms with Gasteiger partial charge in [-0.2, -0.15) is 0 Å². The molecule has 0 aliphatic carbocycles. The van der Waals surface area contributed by atoms with Crippen LogP contribution in [0.15, 0.2) is 24.3 Å². The Hall–Kier alpha value is -1.10. The zero-order valence-electron chi connectivity index (χ0n) is 12.9. The molecule has 112 valence electrons. The first kappa shape index (κ1) is 15.3. The van der Waals surface area contributed by atoms with Gasteiger partial charge in [0.1, 0.15) is 5.75 Å². The van der Waals surface area contributed by atoms with E-state index in [0.29, 0.717) is 0 Å². The van der Waals surface area contributed by atoms with Crippen molar-refractivity contribution in [2.24, 2.45) is 5.73 Å². The average Bonchev–Trinajstić information content (AvgIpc) is 2.38. The molecule has 4 heteroatoms. The molecule has 1 aromatic carbocycles. The number of ether oxygens (including phenoxy) is 2. The number of para-hydroxylation sites is 1. The summed E-state index contributed by atoms with van der Waals surface area (Å²) in [7, 11) is 1.71. The lowest BCUT2D eigenvalue weighted by atomic mass is 9.95. The van der Waals surface area contributed by atoms with Crippen molar-refractivity contribution < 1.29 is 9.47 Å². The number of benzene rings is 1. The van der Waals surface area contributed by atoms with Crippen molar-refractivity contribution in [3.63, 3.8) is 0 Å². The van der Waals surface area contributed by atoms with Crippen molar-refractivity contribution in [3.8, 4) is 5.75 Å². The third-order valence-corrected chi connectivity index (χ3v) is 3.80. The molecular formula is C16H26N2O2. The monoisotopic (exact) mass is 278 g/mol. The lowest BCUT2D eigenvalue weighted by Crippen LogP contribution is -2.52. The van der Waals surface area contributed by atoms with Crippen LogP contribution in [-0.2, 0) is 4.74 Å². The molecule has 2 N–H and O–H groups in total. The van der Waals surface area contributed by atoms with Crippen LogP contribution < -0.4 is 10.5 Å². The van der Waals surface area contributed by atoms with Crippen LogP contribution in [-0.4, -0.2) is 43.3 Å². The van der Waals surface area contributed by atoms with Gasteiger partial charge in [-0.15, -0.1) is 0 Å². The summed E-state index contributed by atoms with van der Waals surface area (Å²) in [6.07, 6.45) is 0. The van der Waals surface area contributed by atoms with E-state index >= 15 is 0 Å². The van der Waals surface area contributed by atoms with Crippen molar-refractivity contribution in [2.45, 2.75) is 38.5 Å². The number of hydrogen-bond donors (Lipinski definition) is 1. The van der Waals surface area contributed by atoms with Gasteiger partial charge < -0.3 is 15.2 Å². The van der Waals surface area contributed by atoms with Crippen LogP contribution in [0.5, 0.6) is 5.75 Å². The molecule has 0 saturated carbocycles. The Morgan fingerprint density at radius 3 is 2.65 bits per heavy atom. The minimum absolute atomic E-state index is 0.0280. The lowest BCUT2D eigenvalue weighted by molar-refractivity contribution is -0.0997. The van der Waals surface area contributed by atoms with Crippen LogP contribution in [0.3, 0.4) is 0 Å². The van der Waals surface area contributed by atoms with Gasteiger partial charge in [-0.3, -0.25) is 4.90 Å². The molecule has 0 spiro atoms. The van der Waals surface area contributed by atoms with E-state index < -0.39 is 0 Å². The highest BCUT2D eigenvalue weighted by Crippen LogP contribution is 2.33. The Labute approximate surface area is 121 Å². The molecule has 2 atom stereocenters. The number of morpholine rings is 1. The fourth-order valence-corrected chi connectivity index (χ4v) is 3.01. The molecule has 0 bridgehead atoms. The molecule has 1 aromatic rings. The zero-order valence-corrected chi connectivity index (χ0v) is 12.9. The minimum Gasteiger partial charge on any atom is -0.496 e. The summed E-state index contributed by atoms with van der Waals surface area (Å²) in [6.45, 7) is 8.81. The normalized spacial score (nSPS) is 22.2. The maximum absolute atomic E-state index is 6.27. The summed E-state index contributed by atoms with van der Waals surface area (Å²) in [5.74, 6) is 0.902. The van der Waals surface area contributed by atoms with E-state index in [2.05, 4.69) is 31.7 Å². The zero-order chi connectivity index (χ0) is 14.8. The first-order valence-corrected chi connectivity index (χ1v) is 7.21. The molecule has 20 heavy (non-hydrogen) atoms. The first-order chi connectivity index (χ1) is 9.44. The molecule has 1 aliphatic rings. The van der Waals surface area contributed by atoms with Gasteiger partial charge in [-0.1, -0.05) is 18.2 Å². The lowest BCUT2D eigenvalue weighted by Gasteiger charge is -2.43. The number of nitrogens with zero attached hydrogens (tertiary/aromatic N) is 1. The summed E-state index contributed by atoms with van der Waals surface area (Å²) in [4.78, 5) is 2.41. The Bertz CT molecular complexity index is 446. The Morgan fingerprint density at radius 2 is 2.05 bits per heavy atom. The number of hydrogen-bond acceptors (Lipinski definition) is 4. The maximum Gasteiger partial charge on any atom is 0.123 e. The molecule has 4 nitrogen and oxygen atoms in total. The molecule has 1 aliphatic heterocycles. The van der Waals surface area contributed by atoms with E-state index in [4.69, 9.17) is 15.2 Å². The van der Waals surface area contributed by atoms with Crippen molar-refractivity contribution in [1.29, 1.82) is 0 Å². The van der Waals surface area contributed by atoms with E-state index in [0.717, 1.165) is 31.0 Å². The fraction of sp³-hybridized carbons (Fsp3) is 0.625. The smallest absolute Gasteiger partial charge is 0.123 e. The van der Waals surface area contributed by atoms with E-state index in [1.807, 2.05) is 18.2 Å². The van der Waals surface area contributed by atoms with Crippen LogP contribution in [0.25, 0.3) is 0 Å². The fourth-order valence-electron chi connectivity index (χ4n) is 3.01. The predicted octanol–water partition coefficient (Wildman–Crippen LogP) is 2.19. The van der Waals surface area contributed by atoms with E-state index in [1.54, 1.807) is 7.11 Å². The van der Waals surface area contributed by atoms with Crippen LogP contribution in [0.4, 0.5) is 0 Å². The predicted molar refractivity (Wildman–Crippen MR) is 81.0 cm³/mol. The van der Waals surface area contributed by atoms with E-state index in [-0.39, 0.29) is 17.7 Å². The van der Waals surface area contributed by atoms with Crippen molar-refractivity contribution in [2.75, 3.05) is 26.8 Å². The van der Waals surface area contributed by atoms with Gasteiger partial charge in [0, 0.05) is 24.7 Å². The molecule has 1 saturated heterocycles. The second-order valence-corrected chi connectivity index (χ2v) is 6.12. The SMILES string of the molecule is COc1ccccc1C(C(C)N)N1CCOC(C)(C)C1. The molecule has 0 amide bonds. The van der Waals surface area contributed by atoms with Crippen LogP contribution in [0, 0.1) is 0 Å². The second-order valence-electron chi connectivity index (χ2n) is 6.12. The van der Waals surface area contributed by atoms with Gasteiger partial charge in [-0.05, 0) is 26.8 Å². The van der Waals surface area contributed by atoms with Crippen molar-refractivity contribution in [1.82, 2.24) is 4.90 Å². The highest BCUT2D eigenvalue weighted by Gasteiger charge is 2.34. The largest absolute Gasteiger partial charge is 0.496 e. The first-order valence-electron chi connectivity index (χ1n) is 7.21. The summed E-state index contributed by atoms with van der Waals surface area (Å²) in [5, 5.41) is 0. The van der Waals surface area contributed by atoms with Gasteiger partial charge in [-0.25, -0.2) is 0 Å². The summed E-state index contributed by atoms with van der Waals surface area (Å²) >= 11 is 0. The summed E-state index contributed by atoms with van der Waals surface area (Å²) in [5.41, 5.74) is 7.30. The molecule has 0 radical (unpaired) electrons. The number of methoxy groups -OCH3 is 1. The van der Waals surface area contributed by atoms with Crippen molar-refractivity contribution >= 4 is 0 Å². The van der Waals surface area contributed by atoms with Gasteiger partial charge >= 0.3 is 0 Å². The summed E-state index contributed by atoms with van der Waals surface area (Å²) < 4.78 is 11.3. The minimum atomic E-state index is -0.132. The third kappa shape index (κ3) is 3.32. The van der Waals surface area contributed by atoms with Gasteiger partial charge in [0.05, 0.1) is 25.4 Å². The van der Waals surface area contributed by atoms with Crippen LogP contribution in [0.1, 0.15) is 32.4 Å². The highest BCUT2D eigenvalue weighted by atomic mass is 16.5. The molecule has 1 heterocycles. The summed E-state index contributed by atoms with van der Waals surface area (Å²) in [6, 6.07) is 8.31. The van der Waals surface area contributed by atoms with Gasteiger partial charge in [0.25, 0.3) is 0 Å². The molecule has 2 rings (SSSR count). The number of nitrogens with two attached hydrogens (primary N) is 1. The van der Waals surface area contributed by atoms with Gasteiger partial charge in [0.15, 0.2) is 0 Å². The third-order valence-electron chi connectivity index (χ3n) is 3.80. The topological polar surface area (TPSA) is 47.7 Å². The van der Waals surface area contributed by atoms with Gasteiger partial charge in [0.2, 0.25) is 0 Å². The Morgan fingerprint density at radius 1 is 1.35 bits per heavy atom. The quantitative estimate of drug-likeness (QED) is 0.917. The van der Waals surface area contributed by atoms with Crippen LogP contribution >= 0.6 is 0 Å². The van der Waals surface area contributed by atoms with Crippen LogP contribution in [0.2, 0.25) is 0 Å². The molecule has 2 unspecified atom stereocenters. The Kier molecular flexibility index (Phi) is 4.68. The maximum atomic E-state index is 6.27.